The first kappa shape index (κ1) is 19.3. The van der Waals surface area contributed by atoms with E-state index in [2.05, 4.69) is 0 Å². The van der Waals surface area contributed by atoms with Crippen molar-refractivity contribution in [1.29, 1.82) is 0 Å². The molecule has 2 heterocycles. The number of piperazine rings is 1. The van der Waals surface area contributed by atoms with Crippen LogP contribution in [0.5, 0.6) is 11.5 Å². The molecule has 1 aromatic rings. The molecule has 1 aromatic carbocycles. The number of hydrogen-bond donors (Lipinski definition) is 0. The van der Waals surface area contributed by atoms with Gasteiger partial charge in [-0.15, -0.1) is 0 Å². The van der Waals surface area contributed by atoms with Crippen LogP contribution in [-0.2, 0) is 19.6 Å². The zero-order valence-corrected chi connectivity index (χ0v) is 16.1. The third-order valence-corrected chi connectivity index (χ3v) is 5.86. The highest BCUT2D eigenvalue weighted by Crippen LogP contribution is 2.35. The third-order valence-electron chi connectivity index (χ3n) is 4.62. The Bertz CT molecular complexity index is 820. The highest BCUT2D eigenvalue weighted by atomic mass is 32.2. The minimum atomic E-state index is -3.72. The van der Waals surface area contributed by atoms with Gasteiger partial charge < -0.3 is 19.3 Å². The number of benzene rings is 1. The normalized spacial score (nSPS) is 18.0. The van der Waals surface area contributed by atoms with Gasteiger partial charge in [-0.3, -0.25) is 13.9 Å². The molecule has 0 aromatic heterocycles. The number of rotatable bonds is 5. The van der Waals surface area contributed by atoms with Gasteiger partial charge in [0.15, 0.2) is 11.5 Å². The van der Waals surface area contributed by atoms with Gasteiger partial charge in [-0.1, -0.05) is 0 Å². The van der Waals surface area contributed by atoms with Crippen LogP contribution in [0, 0.1) is 0 Å². The van der Waals surface area contributed by atoms with E-state index >= 15 is 0 Å². The van der Waals surface area contributed by atoms with Crippen molar-refractivity contribution in [3.05, 3.63) is 18.2 Å². The van der Waals surface area contributed by atoms with Crippen LogP contribution in [0.2, 0.25) is 0 Å². The fourth-order valence-corrected chi connectivity index (χ4v) is 4.44. The molecule has 1 fully saturated rings. The molecule has 1 saturated heterocycles. The summed E-state index contributed by atoms with van der Waals surface area (Å²) in [4.78, 5) is 26.9. The van der Waals surface area contributed by atoms with Gasteiger partial charge in [-0.2, -0.15) is 0 Å². The summed E-state index contributed by atoms with van der Waals surface area (Å²) in [5.41, 5.74) is 0.342. The maximum Gasteiger partial charge on any atom is 0.246 e. The van der Waals surface area contributed by atoms with Crippen LogP contribution in [0.25, 0.3) is 0 Å². The van der Waals surface area contributed by atoms with Crippen LogP contribution in [0.15, 0.2) is 18.2 Å². The molecule has 0 aliphatic carbocycles. The number of ether oxygens (including phenoxy) is 2. The largest absolute Gasteiger partial charge is 0.486 e. The van der Waals surface area contributed by atoms with E-state index in [9.17, 15) is 18.0 Å². The van der Waals surface area contributed by atoms with E-state index in [0.717, 1.165) is 17.0 Å². The molecule has 0 N–H and O–H groups in total. The second-order valence-corrected chi connectivity index (χ2v) is 8.39. The van der Waals surface area contributed by atoms with Crippen molar-refractivity contribution >= 4 is 28.0 Å². The number of amides is 2. The summed E-state index contributed by atoms with van der Waals surface area (Å²) in [7, 11) is -3.72. The second-order valence-electron chi connectivity index (χ2n) is 6.53. The highest BCUT2D eigenvalue weighted by molar-refractivity contribution is 7.92. The number of fused-ring (bicyclic) bond motifs is 1. The predicted molar refractivity (Wildman–Crippen MR) is 98.4 cm³/mol. The van der Waals surface area contributed by atoms with Crippen molar-refractivity contribution in [2.75, 3.05) is 50.0 Å². The van der Waals surface area contributed by atoms with Gasteiger partial charge in [0, 0.05) is 32.2 Å². The van der Waals surface area contributed by atoms with E-state index in [-0.39, 0.29) is 5.91 Å². The third kappa shape index (κ3) is 4.10. The molecule has 1 atom stereocenters. The molecule has 0 radical (unpaired) electrons. The number of carbonyl (C=O) groups is 2. The standard InChI is InChI=1S/C17H23N3O6S/c1-13(17(22)19-7-5-18(12-21)6-8-19)20(27(2,23)24)14-3-4-15-16(11-14)26-10-9-25-15/h3-4,11-13H,5-10H2,1-2H3/t13-/m1/s1. The van der Waals surface area contributed by atoms with Crippen LogP contribution in [0.1, 0.15) is 6.92 Å². The van der Waals surface area contributed by atoms with Crippen LogP contribution in [0.4, 0.5) is 5.69 Å². The molecule has 0 saturated carbocycles. The summed E-state index contributed by atoms with van der Waals surface area (Å²) < 4.78 is 37.0. The molecular formula is C17H23N3O6S. The Kier molecular flexibility index (Phi) is 5.45. The Morgan fingerprint density at radius 1 is 1.15 bits per heavy atom. The van der Waals surface area contributed by atoms with Crippen LogP contribution in [0.3, 0.4) is 0 Å². The fourth-order valence-electron chi connectivity index (χ4n) is 3.28. The zero-order chi connectivity index (χ0) is 19.6. The predicted octanol–water partition coefficient (Wildman–Crippen LogP) is -0.0871. The average Bonchev–Trinajstić information content (AvgIpc) is 2.66. The van der Waals surface area contributed by atoms with Crippen molar-refractivity contribution in [3.63, 3.8) is 0 Å². The Hall–Kier alpha value is -2.49. The topological polar surface area (TPSA) is 96.5 Å². The number of carbonyl (C=O) groups excluding carboxylic acids is 2. The molecule has 2 aliphatic rings. The highest BCUT2D eigenvalue weighted by Gasteiger charge is 2.33. The van der Waals surface area contributed by atoms with Crippen molar-refractivity contribution in [1.82, 2.24) is 9.80 Å². The van der Waals surface area contributed by atoms with E-state index in [1.54, 1.807) is 34.9 Å². The summed E-state index contributed by atoms with van der Waals surface area (Å²) in [6.45, 7) is 4.00. The summed E-state index contributed by atoms with van der Waals surface area (Å²) >= 11 is 0. The lowest BCUT2D eigenvalue weighted by molar-refractivity contribution is -0.135. The van der Waals surface area contributed by atoms with E-state index in [1.807, 2.05) is 0 Å². The fraction of sp³-hybridized carbons (Fsp3) is 0.529. The van der Waals surface area contributed by atoms with Crippen molar-refractivity contribution < 1.29 is 27.5 Å². The summed E-state index contributed by atoms with van der Waals surface area (Å²) in [5.74, 6) is 0.690. The van der Waals surface area contributed by atoms with Crippen LogP contribution >= 0.6 is 0 Å². The van der Waals surface area contributed by atoms with Crippen LogP contribution in [-0.4, -0.2) is 82.2 Å². The first-order valence-corrected chi connectivity index (χ1v) is 10.5. The lowest BCUT2D eigenvalue weighted by Crippen LogP contribution is -2.55. The lowest BCUT2D eigenvalue weighted by Gasteiger charge is -2.37. The Labute approximate surface area is 158 Å². The van der Waals surface area contributed by atoms with Gasteiger partial charge >= 0.3 is 0 Å². The molecule has 0 spiro atoms. The average molecular weight is 397 g/mol. The SMILES string of the molecule is C[C@H](C(=O)N1CCN(C=O)CC1)N(c1ccc2c(c1)OCCO2)S(C)(=O)=O. The molecule has 9 nitrogen and oxygen atoms in total. The maximum atomic E-state index is 12.9. The van der Waals surface area contributed by atoms with Gasteiger partial charge in [0.25, 0.3) is 0 Å². The number of sulfonamides is 1. The molecule has 2 amide bonds. The zero-order valence-electron chi connectivity index (χ0n) is 15.3. The monoisotopic (exact) mass is 397 g/mol. The summed E-state index contributed by atoms with van der Waals surface area (Å²) in [5, 5.41) is 0. The minimum absolute atomic E-state index is 0.305. The van der Waals surface area contributed by atoms with Gasteiger partial charge in [0.05, 0.1) is 11.9 Å². The molecular weight excluding hydrogens is 374 g/mol. The molecule has 3 rings (SSSR count). The Morgan fingerprint density at radius 3 is 2.37 bits per heavy atom. The summed E-state index contributed by atoms with van der Waals surface area (Å²) in [6.07, 6.45) is 1.82. The van der Waals surface area contributed by atoms with E-state index in [1.165, 1.54) is 0 Å². The molecule has 0 bridgehead atoms. The second kappa shape index (κ2) is 7.63. The van der Waals surface area contributed by atoms with Gasteiger partial charge in [-0.25, -0.2) is 8.42 Å². The van der Waals surface area contributed by atoms with Gasteiger partial charge in [0.1, 0.15) is 19.3 Å². The van der Waals surface area contributed by atoms with E-state index in [0.29, 0.717) is 56.6 Å². The van der Waals surface area contributed by atoms with Gasteiger partial charge in [-0.05, 0) is 19.1 Å². The van der Waals surface area contributed by atoms with Crippen molar-refractivity contribution in [3.8, 4) is 11.5 Å². The molecule has 0 unspecified atom stereocenters. The van der Waals surface area contributed by atoms with Crippen molar-refractivity contribution in [2.24, 2.45) is 0 Å². The molecule has 27 heavy (non-hydrogen) atoms. The summed E-state index contributed by atoms with van der Waals surface area (Å²) in [6, 6.07) is 3.89. The van der Waals surface area contributed by atoms with Gasteiger partial charge in [0.2, 0.25) is 22.3 Å². The number of anilines is 1. The minimum Gasteiger partial charge on any atom is -0.486 e. The first-order valence-electron chi connectivity index (χ1n) is 8.68. The number of hydrogen-bond acceptors (Lipinski definition) is 6. The van der Waals surface area contributed by atoms with Crippen molar-refractivity contribution in [2.45, 2.75) is 13.0 Å². The van der Waals surface area contributed by atoms with E-state index < -0.39 is 16.1 Å². The number of nitrogens with zero attached hydrogens (tertiary/aromatic N) is 3. The smallest absolute Gasteiger partial charge is 0.246 e. The lowest BCUT2D eigenvalue weighted by atomic mass is 10.2. The Balaban J connectivity index is 1.85. The van der Waals surface area contributed by atoms with Crippen LogP contribution < -0.4 is 13.8 Å². The molecule has 148 valence electrons. The van der Waals surface area contributed by atoms with E-state index in [4.69, 9.17) is 9.47 Å². The molecule has 2 aliphatic heterocycles. The molecule has 10 heteroatoms. The first-order chi connectivity index (χ1) is 12.8. The quantitative estimate of drug-likeness (QED) is 0.645. The Morgan fingerprint density at radius 2 is 1.78 bits per heavy atom. The maximum absolute atomic E-state index is 12.9.